The standard InChI is InChI=1S/C12H19N3O2/c1-15-4-3-9(8-15)6-14-12(16)11-5-10(17-2)7-13-11/h3-4,8,10-11,13H,5-7H2,1-2H3,(H,14,16). The molecule has 5 heteroatoms. The number of amides is 1. The molecule has 2 rings (SSSR count). The Morgan fingerprint density at radius 1 is 1.71 bits per heavy atom. The first-order valence-electron chi connectivity index (χ1n) is 5.84. The molecule has 2 atom stereocenters. The molecule has 1 aromatic heterocycles. The van der Waals surface area contributed by atoms with Crippen LogP contribution in [-0.4, -0.2) is 36.3 Å². The molecule has 1 fully saturated rings. The minimum atomic E-state index is -0.122. The maximum atomic E-state index is 11.9. The van der Waals surface area contributed by atoms with Gasteiger partial charge in [0.15, 0.2) is 0 Å². The van der Waals surface area contributed by atoms with E-state index in [4.69, 9.17) is 4.74 Å². The van der Waals surface area contributed by atoms with Crippen molar-refractivity contribution in [3.05, 3.63) is 24.0 Å². The fourth-order valence-electron chi connectivity index (χ4n) is 2.06. The molecular weight excluding hydrogens is 218 g/mol. The minimum Gasteiger partial charge on any atom is -0.380 e. The molecule has 2 N–H and O–H groups in total. The number of carbonyl (C=O) groups excluding carboxylic acids is 1. The molecule has 2 heterocycles. The van der Waals surface area contributed by atoms with E-state index in [2.05, 4.69) is 10.6 Å². The van der Waals surface area contributed by atoms with Gasteiger partial charge in [0.25, 0.3) is 0 Å². The number of carbonyl (C=O) groups is 1. The van der Waals surface area contributed by atoms with Gasteiger partial charge >= 0.3 is 0 Å². The number of hydrogen-bond acceptors (Lipinski definition) is 3. The summed E-state index contributed by atoms with van der Waals surface area (Å²) in [6.07, 6.45) is 4.87. The van der Waals surface area contributed by atoms with Crippen LogP contribution in [0.3, 0.4) is 0 Å². The molecule has 1 aromatic rings. The molecule has 0 bridgehead atoms. The zero-order valence-corrected chi connectivity index (χ0v) is 10.3. The van der Waals surface area contributed by atoms with Crippen LogP contribution in [0, 0.1) is 0 Å². The van der Waals surface area contributed by atoms with Crippen LogP contribution in [0.2, 0.25) is 0 Å². The zero-order valence-electron chi connectivity index (χ0n) is 10.3. The molecule has 0 aromatic carbocycles. The van der Waals surface area contributed by atoms with E-state index in [9.17, 15) is 4.79 Å². The molecule has 94 valence electrons. The van der Waals surface area contributed by atoms with Crippen LogP contribution in [0.4, 0.5) is 0 Å². The lowest BCUT2D eigenvalue weighted by Gasteiger charge is -2.10. The first-order valence-corrected chi connectivity index (χ1v) is 5.84. The van der Waals surface area contributed by atoms with Crippen LogP contribution in [-0.2, 0) is 23.1 Å². The monoisotopic (exact) mass is 237 g/mol. The predicted octanol–water partition coefficient (Wildman–Crippen LogP) is 0.0182. The number of ether oxygens (including phenoxy) is 1. The predicted molar refractivity (Wildman–Crippen MR) is 64.5 cm³/mol. The van der Waals surface area contributed by atoms with Gasteiger partial charge in [-0.15, -0.1) is 0 Å². The highest BCUT2D eigenvalue weighted by molar-refractivity contribution is 5.82. The van der Waals surface area contributed by atoms with Crippen molar-refractivity contribution in [1.82, 2.24) is 15.2 Å². The van der Waals surface area contributed by atoms with Crippen LogP contribution in [0.15, 0.2) is 18.5 Å². The molecule has 0 spiro atoms. The summed E-state index contributed by atoms with van der Waals surface area (Å²) in [5.41, 5.74) is 1.11. The Labute approximate surface area is 101 Å². The van der Waals surface area contributed by atoms with Gasteiger partial charge in [-0.1, -0.05) is 0 Å². The second kappa shape index (κ2) is 5.33. The molecule has 0 saturated carbocycles. The van der Waals surface area contributed by atoms with Crippen LogP contribution < -0.4 is 10.6 Å². The second-order valence-electron chi connectivity index (χ2n) is 4.46. The van der Waals surface area contributed by atoms with Crippen LogP contribution in [0.25, 0.3) is 0 Å². The number of nitrogens with zero attached hydrogens (tertiary/aromatic N) is 1. The summed E-state index contributed by atoms with van der Waals surface area (Å²) in [5, 5.41) is 6.09. The minimum absolute atomic E-state index is 0.0494. The smallest absolute Gasteiger partial charge is 0.237 e. The lowest BCUT2D eigenvalue weighted by Crippen LogP contribution is -2.39. The fraction of sp³-hybridized carbons (Fsp3) is 0.583. The van der Waals surface area contributed by atoms with E-state index >= 15 is 0 Å². The largest absolute Gasteiger partial charge is 0.380 e. The number of nitrogens with one attached hydrogen (secondary N) is 2. The molecule has 0 aliphatic carbocycles. The van der Waals surface area contributed by atoms with E-state index in [1.807, 2.05) is 30.1 Å². The van der Waals surface area contributed by atoms with Gasteiger partial charge in [0.05, 0.1) is 12.1 Å². The van der Waals surface area contributed by atoms with Gasteiger partial charge in [-0.2, -0.15) is 0 Å². The highest BCUT2D eigenvalue weighted by atomic mass is 16.5. The number of hydrogen-bond donors (Lipinski definition) is 2. The molecule has 1 aliphatic rings. The lowest BCUT2D eigenvalue weighted by atomic mass is 10.2. The van der Waals surface area contributed by atoms with E-state index in [1.54, 1.807) is 7.11 Å². The fourth-order valence-corrected chi connectivity index (χ4v) is 2.06. The van der Waals surface area contributed by atoms with Gasteiger partial charge in [-0.3, -0.25) is 4.79 Å². The molecule has 0 radical (unpaired) electrons. The summed E-state index contributed by atoms with van der Waals surface area (Å²) in [5.74, 6) is 0.0494. The molecule has 1 saturated heterocycles. The number of aryl methyl sites for hydroxylation is 1. The summed E-state index contributed by atoms with van der Waals surface area (Å²) in [6.45, 7) is 1.33. The van der Waals surface area contributed by atoms with E-state index in [0.29, 0.717) is 6.54 Å². The maximum Gasteiger partial charge on any atom is 0.237 e. The first-order chi connectivity index (χ1) is 8.19. The Morgan fingerprint density at radius 2 is 2.53 bits per heavy atom. The number of rotatable bonds is 4. The lowest BCUT2D eigenvalue weighted by molar-refractivity contribution is -0.123. The van der Waals surface area contributed by atoms with Crippen molar-refractivity contribution in [3.63, 3.8) is 0 Å². The van der Waals surface area contributed by atoms with Crippen molar-refractivity contribution < 1.29 is 9.53 Å². The summed E-state index contributed by atoms with van der Waals surface area (Å²) in [6, 6.07) is 1.88. The van der Waals surface area contributed by atoms with Crippen molar-refractivity contribution >= 4 is 5.91 Å². The van der Waals surface area contributed by atoms with Crippen molar-refractivity contribution in [2.24, 2.45) is 7.05 Å². The summed E-state index contributed by atoms with van der Waals surface area (Å²) in [4.78, 5) is 11.9. The highest BCUT2D eigenvalue weighted by Gasteiger charge is 2.28. The van der Waals surface area contributed by atoms with Gasteiger partial charge in [-0.05, 0) is 18.1 Å². The zero-order chi connectivity index (χ0) is 12.3. The first kappa shape index (κ1) is 12.1. The number of aromatic nitrogens is 1. The van der Waals surface area contributed by atoms with E-state index in [-0.39, 0.29) is 18.1 Å². The van der Waals surface area contributed by atoms with Gasteiger partial charge in [0.2, 0.25) is 5.91 Å². The Balaban J connectivity index is 1.78. The Hall–Kier alpha value is -1.33. The highest BCUT2D eigenvalue weighted by Crippen LogP contribution is 2.09. The van der Waals surface area contributed by atoms with Gasteiger partial charge in [-0.25, -0.2) is 0 Å². The molecule has 1 amide bonds. The van der Waals surface area contributed by atoms with Gasteiger partial charge in [0, 0.05) is 39.6 Å². The van der Waals surface area contributed by atoms with Crippen molar-refractivity contribution in [2.45, 2.75) is 25.1 Å². The van der Waals surface area contributed by atoms with E-state index in [0.717, 1.165) is 18.5 Å². The SMILES string of the molecule is COC1CNC(C(=O)NCc2ccn(C)c2)C1. The van der Waals surface area contributed by atoms with Crippen molar-refractivity contribution in [3.8, 4) is 0 Å². The Morgan fingerprint density at radius 3 is 3.12 bits per heavy atom. The molecule has 5 nitrogen and oxygen atoms in total. The van der Waals surface area contributed by atoms with E-state index < -0.39 is 0 Å². The normalized spacial score (nSPS) is 23.9. The number of methoxy groups -OCH3 is 1. The second-order valence-corrected chi connectivity index (χ2v) is 4.46. The summed E-state index contributed by atoms with van der Waals surface area (Å²) in [7, 11) is 3.64. The van der Waals surface area contributed by atoms with Gasteiger partial charge < -0.3 is 19.9 Å². The van der Waals surface area contributed by atoms with Crippen LogP contribution in [0.5, 0.6) is 0 Å². The summed E-state index contributed by atoms with van der Waals surface area (Å²) < 4.78 is 7.18. The Bertz CT molecular complexity index is 389. The summed E-state index contributed by atoms with van der Waals surface area (Å²) >= 11 is 0. The molecule has 2 unspecified atom stereocenters. The third-order valence-corrected chi connectivity index (χ3v) is 3.10. The van der Waals surface area contributed by atoms with E-state index in [1.165, 1.54) is 0 Å². The maximum absolute atomic E-state index is 11.9. The molecule has 17 heavy (non-hydrogen) atoms. The average Bonchev–Trinajstić information content (AvgIpc) is 2.94. The quantitative estimate of drug-likeness (QED) is 0.776. The van der Waals surface area contributed by atoms with Crippen LogP contribution >= 0.6 is 0 Å². The Kier molecular flexibility index (Phi) is 3.81. The average molecular weight is 237 g/mol. The van der Waals surface area contributed by atoms with Crippen LogP contribution in [0.1, 0.15) is 12.0 Å². The van der Waals surface area contributed by atoms with Crippen molar-refractivity contribution in [1.29, 1.82) is 0 Å². The third-order valence-electron chi connectivity index (χ3n) is 3.10. The molecule has 1 aliphatic heterocycles. The van der Waals surface area contributed by atoms with Crippen molar-refractivity contribution in [2.75, 3.05) is 13.7 Å². The van der Waals surface area contributed by atoms with Gasteiger partial charge in [0.1, 0.15) is 0 Å². The third kappa shape index (κ3) is 3.08. The molecular formula is C12H19N3O2. The topological polar surface area (TPSA) is 55.3 Å².